The van der Waals surface area contributed by atoms with Gasteiger partial charge in [-0.2, -0.15) is 16.8 Å². The highest BCUT2D eigenvalue weighted by atomic mass is 32.2. The largest absolute Gasteiger partial charge is 0.344 e. The van der Waals surface area contributed by atoms with Crippen molar-refractivity contribution < 1.29 is 30.5 Å². The van der Waals surface area contributed by atoms with Crippen LogP contribution in [0.15, 0.2) is 174 Å². The maximum absolute atomic E-state index is 11.8. The molecule has 354 valence electrons. The van der Waals surface area contributed by atoms with Crippen molar-refractivity contribution in [3.8, 4) is 0 Å². The third-order valence-corrected chi connectivity index (χ3v) is 16.5. The normalized spacial score (nSPS) is 21.5. The Morgan fingerprint density at radius 1 is 0.623 bits per heavy atom. The van der Waals surface area contributed by atoms with Gasteiger partial charge in [0.25, 0.3) is 20.2 Å². The molecule has 3 aliphatic heterocycles. The SMILES string of the molecule is CC1(C)C(=CC=C2CC/C3=C\C=C4\N(CCCCS(=O)(=O)O)c5ccc6ccccc6c5C4(C)c4cccc(c4)C[N+](Cc4ccccc4)=C23)N(CCCCS(=O)(=O)O)c2ccc3ccccc3c21. The molecule has 1 saturated carbocycles. The molecule has 11 heteroatoms. The molecule has 9 nitrogen and oxygen atoms in total. The van der Waals surface area contributed by atoms with Crippen LogP contribution in [0, 0.1) is 0 Å². The van der Waals surface area contributed by atoms with Gasteiger partial charge in [0.1, 0.15) is 0 Å². The van der Waals surface area contributed by atoms with Gasteiger partial charge in [-0.1, -0.05) is 135 Å². The van der Waals surface area contributed by atoms with E-state index in [1.807, 2.05) is 0 Å². The van der Waals surface area contributed by atoms with Crippen molar-refractivity contribution in [1.82, 2.24) is 0 Å². The van der Waals surface area contributed by atoms with Gasteiger partial charge in [-0.3, -0.25) is 9.11 Å². The Hall–Kier alpha value is -6.11. The summed E-state index contributed by atoms with van der Waals surface area (Å²) in [6, 6.07) is 45.6. The summed E-state index contributed by atoms with van der Waals surface area (Å²) in [6.07, 6.45) is 12.8. The van der Waals surface area contributed by atoms with E-state index in [0.29, 0.717) is 51.9 Å². The van der Waals surface area contributed by atoms with Gasteiger partial charge in [0.15, 0.2) is 13.1 Å². The summed E-state index contributed by atoms with van der Waals surface area (Å²) in [5, 5.41) is 4.73. The predicted molar refractivity (Wildman–Crippen MR) is 280 cm³/mol. The van der Waals surface area contributed by atoms with Gasteiger partial charge in [0.05, 0.1) is 16.9 Å². The van der Waals surface area contributed by atoms with Gasteiger partial charge in [0.2, 0.25) is 5.71 Å². The van der Waals surface area contributed by atoms with Crippen LogP contribution < -0.4 is 9.80 Å². The van der Waals surface area contributed by atoms with E-state index in [1.54, 1.807) is 0 Å². The fourth-order valence-electron chi connectivity index (χ4n) is 11.7. The average Bonchev–Trinajstić information content (AvgIpc) is 3.91. The van der Waals surface area contributed by atoms with Crippen molar-refractivity contribution in [3.05, 3.63) is 202 Å². The first-order chi connectivity index (χ1) is 33.1. The molecule has 6 aromatic rings. The number of anilines is 2. The van der Waals surface area contributed by atoms with E-state index in [9.17, 15) is 25.9 Å². The first-order valence-electron chi connectivity index (χ1n) is 24.2. The molecule has 4 aliphatic rings. The van der Waals surface area contributed by atoms with E-state index in [4.69, 9.17) is 0 Å². The number of nitrogens with zero attached hydrogens (tertiary/aromatic N) is 3. The van der Waals surface area contributed by atoms with Crippen LogP contribution in [0.5, 0.6) is 0 Å². The molecular weight excluding hydrogens is 899 g/mol. The fraction of sp³-hybridized carbons (Fsp3) is 0.293. The zero-order valence-corrected chi connectivity index (χ0v) is 41.2. The molecule has 0 radical (unpaired) electrons. The standard InChI is InChI=1S/C58H59N3O6S2/c1-57(2)52(60(34-11-13-36-68(62,63)64)50-30-26-43-19-7-9-22-48(43)54(50)57)32-28-45-24-25-46-29-33-53-58(3,47-21-15-18-42(38-47)40-59(56(45)46)39-41-16-5-4-6-17-41)55-49-23-10-8-20-44(49)27-31-51(55)61(53)35-12-14-37-69(65,66)67/h4-10,15-23,26-33,38H,11-14,24-25,34-37,39-40H2,1-3H3,(H-,62,63,64,65,66,67)/p+1. The van der Waals surface area contributed by atoms with Gasteiger partial charge in [-0.25, -0.2) is 4.58 Å². The summed E-state index contributed by atoms with van der Waals surface area (Å²) in [5.74, 6) is -0.546. The van der Waals surface area contributed by atoms with Gasteiger partial charge >= 0.3 is 0 Å². The lowest BCUT2D eigenvalue weighted by atomic mass is 9.73. The lowest BCUT2D eigenvalue weighted by Crippen LogP contribution is -2.30. The van der Waals surface area contributed by atoms with Gasteiger partial charge in [-0.05, 0) is 114 Å². The summed E-state index contributed by atoms with van der Waals surface area (Å²) in [5.41, 5.74) is 13.4. The van der Waals surface area contributed by atoms with Gasteiger partial charge < -0.3 is 9.80 Å². The number of benzene rings is 6. The van der Waals surface area contributed by atoms with E-state index < -0.39 is 25.7 Å². The lowest BCUT2D eigenvalue weighted by molar-refractivity contribution is -0.559. The molecule has 0 spiro atoms. The molecular formula is C58H60N3O6S2+. The Morgan fingerprint density at radius 2 is 1.23 bits per heavy atom. The summed E-state index contributed by atoms with van der Waals surface area (Å²) >= 11 is 0. The second kappa shape index (κ2) is 18.3. The maximum Gasteiger partial charge on any atom is 0.264 e. The highest BCUT2D eigenvalue weighted by Gasteiger charge is 2.47. The molecule has 2 bridgehead atoms. The zero-order valence-electron chi connectivity index (χ0n) is 39.6. The quantitative estimate of drug-likeness (QED) is 0.0668. The molecule has 10 rings (SSSR count). The van der Waals surface area contributed by atoms with E-state index in [2.05, 4.69) is 187 Å². The van der Waals surface area contributed by atoms with Crippen LogP contribution in [0.3, 0.4) is 0 Å². The summed E-state index contributed by atoms with van der Waals surface area (Å²) in [4.78, 5) is 4.75. The molecule has 1 atom stereocenters. The lowest BCUT2D eigenvalue weighted by Gasteiger charge is -2.31. The van der Waals surface area contributed by atoms with Crippen molar-refractivity contribution in [2.24, 2.45) is 0 Å². The van der Waals surface area contributed by atoms with E-state index in [-0.39, 0.29) is 16.9 Å². The molecule has 0 amide bonds. The third-order valence-electron chi connectivity index (χ3n) is 14.9. The number of unbranched alkanes of at least 4 members (excludes halogenated alkanes) is 2. The van der Waals surface area contributed by atoms with Crippen LogP contribution in [-0.4, -0.2) is 60.8 Å². The molecule has 1 unspecified atom stereocenters. The molecule has 6 aromatic carbocycles. The molecule has 0 saturated heterocycles. The van der Waals surface area contributed by atoms with Crippen molar-refractivity contribution in [3.63, 3.8) is 0 Å². The van der Waals surface area contributed by atoms with Crippen molar-refractivity contribution in [2.75, 3.05) is 34.4 Å². The number of hydrogen-bond acceptors (Lipinski definition) is 6. The van der Waals surface area contributed by atoms with E-state index in [1.165, 1.54) is 60.8 Å². The minimum absolute atomic E-state index is 0.269. The summed E-state index contributed by atoms with van der Waals surface area (Å²) in [7, 11) is -8.16. The highest BCUT2D eigenvalue weighted by molar-refractivity contribution is 7.86. The second-order valence-electron chi connectivity index (χ2n) is 19.8. The van der Waals surface area contributed by atoms with Crippen LogP contribution >= 0.6 is 0 Å². The summed E-state index contributed by atoms with van der Waals surface area (Å²) < 4.78 is 69.0. The first kappa shape index (κ1) is 46.6. The molecule has 2 N–H and O–H groups in total. The van der Waals surface area contributed by atoms with E-state index >= 15 is 0 Å². The molecule has 69 heavy (non-hydrogen) atoms. The molecule has 1 fully saturated rings. The van der Waals surface area contributed by atoms with Crippen molar-refractivity contribution >= 4 is 58.9 Å². The van der Waals surface area contributed by atoms with Crippen LogP contribution in [-0.2, 0) is 44.2 Å². The third kappa shape index (κ3) is 9.02. The number of fused-ring (bicyclic) bond motifs is 12. The Balaban J connectivity index is 1.14. The molecule has 0 aromatic heterocycles. The zero-order chi connectivity index (χ0) is 48.1. The predicted octanol–water partition coefficient (Wildman–Crippen LogP) is 11.8. The average molecular weight is 959 g/mol. The summed E-state index contributed by atoms with van der Waals surface area (Å²) in [6.45, 7) is 9.49. The first-order valence-corrected chi connectivity index (χ1v) is 27.4. The number of rotatable bonds is 13. The topological polar surface area (TPSA) is 118 Å². The highest BCUT2D eigenvalue weighted by Crippen LogP contribution is 2.55. The number of hydrogen-bond donors (Lipinski definition) is 2. The van der Waals surface area contributed by atoms with Crippen LogP contribution in [0.25, 0.3) is 21.5 Å². The fourth-order valence-corrected chi connectivity index (χ4v) is 12.9. The van der Waals surface area contributed by atoms with Crippen molar-refractivity contribution in [2.45, 2.75) is 83.2 Å². The van der Waals surface area contributed by atoms with Crippen LogP contribution in [0.2, 0.25) is 0 Å². The number of allylic oxidation sites excluding steroid dienone is 8. The second-order valence-corrected chi connectivity index (χ2v) is 22.9. The van der Waals surface area contributed by atoms with E-state index in [0.717, 1.165) is 41.0 Å². The monoisotopic (exact) mass is 958 g/mol. The van der Waals surface area contributed by atoms with Gasteiger partial charge in [-0.15, -0.1) is 0 Å². The molecule has 3 heterocycles. The van der Waals surface area contributed by atoms with Crippen molar-refractivity contribution in [1.29, 1.82) is 0 Å². The Morgan fingerprint density at radius 3 is 1.90 bits per heavy atom. The smallest absolute Gasteiger partial charge is 0.264 e. The molecule has 1 aliphatic carbocycles. The minimum Gasteiger partial charge on any atom is -0.344 e. The minimum atomic E-state index is -4.09. The Kier molecular flexibility index (Phi) is 12.4. The Bertz CT molecular complexity index is 3410. The van der Waals surface area contributed by atoms with Crippen LogP contribution in [0.1, 0.15) is 87.1 Å². The Labute approximate surface area is 407 Å². The van der Waals surface area contributed by atoms with Crippen LogP contribution in [0.4, 0.5) is 11.4 Å². The maximum atomic E-state index is 11.8. The van der Waals surface area contributed by atoms with Gasteiger partial charge in [0, 0.05) is 63.5 Å².